The zero-order valence-electron chi connectivity index (χ0n) is 41.2. The van der Waals surface area contributed by atoms with Crippen molar-refractivity contribution in [3.8, 4) is 0 Å². The average molecular weight is 878 g/mol. The van der Waals surface area contributed by atoms with E-state index in [1.165, 1.54) is 109 Å². The predicted molar refractivity (Wildman–Crippen MR) is 273 cm³/mol. The summed E-state index contributed by atoms with van der Waals surface area (Å²) in [5.74, 6) is -0.594. The Morgan fingerprint density at radius 2 is 0.889 bits per heavy atom. The molecule has 6 nitrogen and oxygen atoms in total. The minimum Gasteiger partial charge on any atom is -0.461 e. The molecule has 0 aromatic carbocycles. The highest BCUT2D eigenvalue weighted by Gasteiger charge is 2.23. The van der Waals surface area contributed by atoms with E-state index in [1.54, 1.807) is 0 Å². The molecule has 6 heteroatoms. The molecule has 0 rings (SSSR count). The van der Waals surface area contributed by atoms with Crippen LogP contribution in [0.2, 0.25) is 0 Å². The largest absolute Gasteiger partial charge is 0.461 e. The molecule has 0 saturated heterocycles. The van der Waals surface area contributed by atoms with Crippen LogP contribution in [-0.4, -0.2) is 46.9 Å². The summed E-state index contributed by atoms with van der Waals surface area (Å²) in [6.45, 7) is 6.31. The molecular weight excluding hydrogens is 779 g/mol. The number of carbonyl (C=O) groups is 2. The topological polar surface area (TPSA) is 95.9 Å². The van der Waals surface area contributed by atoms with E-state index in [4.69, 9.17) is 4.74 Å². The molecule has 3 N–H and O–H groups in total. The van der Waals surface area contributed by atoms with E-state index >= 15 is 0 Å². The molecule has 0 aliphatic rings. The lowest BCUT2D eigenvalue weighted by atomic mass is 10.0. The van der Waals surface area contributed by atoms with Crippen molar-refractivity contribution in [2.24, 2.45) is 0 Å². The number of rotatable bonds is 46. The summed E-state index contributed by atoms with van der Waals surface area (Å²) in [6.07, 6.45) is 65.1. The molecule has 0 aliphatic heterocycles. The molecule has 0 fully saturated rings. The first-order valence-corrected chi connectivity index (χ1v) is 26.3. The third kappa shape index (κ3) is 45.4. The monoisotopic (exact) mass is 878 g/mol. The van der Waals surface area contributed by atoms with Crippen LogP contribution in [0.5, 0.6) is 0 Å². The second kappa shape index (κ2) is 50.0. The zero-order valence-corrected chi connectivity index (χ0v) is 41.2. The third-order valence-corrected chi connectivity index (χ3v) is 11.5. The van der Waals surface area contributed by atoms with Crippen LogP contribution in [-0.2, 0) is 14.3 Å². The molecule has 63 heavy (non-hydrogen) atoms. The van der Waals surface area contributed by atoms with Gasteiger partial charge in [0, 0.05) is 12.8 Å². The van der Waals surface area contributed by atoms with Crippen molar-refractivity contribution in [3.05, 3.63) is 85.1 Å². The molecule has 0 heterocycles. The molecule has 362 valence electrons. The number of ether oxygens (including phenoxy) is 1. The van der Waals surface area contributed by atoms with Gasteiger partial charge in [-0.15, -0.1) is 0 Å². The highest BCUT2D eigenvalue weighted by molar-refractivity contribution is 5.77. The van der Waals surface area contributed by atoms with E-state index in [1.807, 2.05) is 12.2 Å². The lowest BCUT2D eigenvalue weighted by Crippen LogP contribution is -2.46. The average Bonchev–Trinajstić information content (AvgIpc) is 3.28. The number of aliphatic hydroxyl groups excluding tert-OH is 2. The molecule has 0 spiro atoms. The maximum absolute atomic E-state index is 13.2. The van der Waals surface area contributed by atoms with Gasteiger partial charge in [0.25, 0.3) is 0 Å². The van der Waals surface area contributed by atoms with Crippen LogP contribution in [0.3, 0.4) is 0 Å². The quantitative estimate of drug-likeness (QED) is 0.0322. The van der Waals surface area contributed by atoms with E-state index < -0.39 is 18.2 Å². The summed E-state index contributed by atoms with van der Waals surface area (Å²) < 4.78 is 5.87. The molecular formula is C57H99NO5. The van der Waals surface area contributed by atoms with Crippen molar-refractivity contribution < 1.29 is 24.5 Å². The molecule has 3 atom stereocenters. The minimum absolute atomic E-state index is 0.00718. The van der Waals surface area contributed by atoms with E-state index in [9.17, 15) is 19.8 Å². The predicted octanol–water partition coefficient (Wildman–Crippen LogP) is 16.0. The van der Waals surface area contributed by atoms with Crippen LogP contribution in [0.25, 0.3) is 0 Å². The maximum Gasteiger partial charge on any atom is 0.306 e. The number of hydrogen-bond acceptors (Lipinski definition) is 5. The van der Waals surface area contributed by atoms with Crippen LogP contribution < -0.4 is 5.32 Å². The maximum atomic E-state index is 13.2. The Labute approximate surface area is 389 Å². The molecule has 0 aromatic heterocycles. The number of esters is 1. The summed E-state index contributed by atoms with van der Waals surface area (Å²) in [7, 11) is 0. The van der Waals surface area contributed by atoms with Crippen LogP contribution in [0.15, 0.2) is 85.1 Å². The Hall–Kier alpha value is -2.96. The minimum atomic E-state index is -0.817. The first-order chi connectivity index (χ1) is 31.0. The first kappa shape index (κ1) is 60.0. The number of hydrogen-bond donors (Lipinski definition) is 3. The van der Waals surface area contributed by atoms with Gasteiger partial charge >= 0.3 is 5.97 Å². The van der Waals surface area contributed by atoms with Gasteiger partial charge in [-0.1, -0.05) is 228 Å². The van der Waals surface area contributed by atoms with Crippen molar-refractivity contribution >= 4 is 11.9 Å². The lowest BCUT2D eigenvalue weighted by molar-refractivity contribution is -0.150. The third-order valence-electron chi connectivity index (χ3n) is 11.5. The fraction of sp³-hybridized carbons (Fsp3) is 0.719. The van der Waals surface area contributed by atoms with Gasteiger partial charge in [0.15, 0.2) is 0 Å². The smallest absolute Gasteiger partial charge is 0.306 e. The zero-order chi connectivity index (χ0) is 45.9. The Bertz CT molecular complexity index is 1210. The Balaban J connectivity index is 4.74. The highest BCUT2D eigenvalue weighted by Crippen LogP contribution is 2.16. The number of unbranched alkanes of at least 4 members (excludes halogenated alkanes) is 21. The van der Waals surface area contributed by atoms with Gasteiger partial charge in [0.05, 0.1) is 25.2 Å². The number of nitrogens with one attached hydrogen (secondary N) is 1. The van der Waals surface area contributed by atoms with Gasteiger partial charge in [0.1, 0.15) is 6.10 Å². The van der Waals surface area contributed by atoms with Gasteiger partial charge < -0.3 is 20.3 Å². The van der Waals surface area contributed by atoms with Crippen LogP contribution in [0, 0.1) is 0 Å². The standard InChI is InChI=1S/C57H99NO5/c1-4-7-10-13-16-19-22-25-27-29-32-35-38-41-44-47-50-57(62)63-53(48-45-42-39-36-33-31-28-26-23-20-17-14-11-8-5-2)51-56(61)58-54(52-59)55(60)49-46-43-40-37-34-30-24-21-18-15-12-9-6-3/h7,10,16-17,19-20,25-28,33,36,42,45,53-55,59-60H,4-6,8-9,11-15,18,21-24,29-32,34-35,37-41,43-44,46-52H2,1-3H3,(H,58,61)/b10-7+,19-16+,20-17-,27-25+,28-26-,36-33-,45-42-. The molecule has 0 aromatic rings. The van der Waals surface area contributed by atoms with Crippen molar-refractivity contribution in [1.82, 2.24) is 5.32 Å². The van der Waals surface area contributed by atoms with Crippen molar-refractivity contribution in [2.45, 2.75) is 257 Å². The second-order valence-corrected chi connectivity index (χ2v) is 17.5. The first-order valence-electron chi connectivity index (χ1n) is 26.3. The summed E-state index contributed by atoms with van der Waals surface area (Å²) in [6, 6.07) is -0.737. The fourth-order valence-corrected chi connectivity index (χ4v) is 7.48. The molecule has 0 bridgehead atoms. The van der Waals surface area contributed by atoms with Gasteiger partial charge in [-0.25, -0.2) is 0 Å². The van der Waals surface area contributed by atoms with Gasteiger partial charge in [0.2, 0.25) is 5.91 Å². The van der Waals surface area contributed by atoms with E-state index in [-0.39, 0.29) is 24.9 Å². The second-order valence-electron chi connectivity index (χ2n) is 17.5. The van der Waals surface area contributed by atoms with Crippen LogP contribution in [0.4, 0.5) is 0 Å². The number of allylic oxidation sites excluding steroid dienone is 13. The number of carbonyl (C=O) groups excluding carboxylic acids is 2. The summed E-state index contributed by atoms with van der Waals surface area (Å²) >= 11 is 0. The molecule has 1 amide bonds. The van der Waals surface area contributed by atoms with Crippen molar-refractivity contribution in [3.63, 3.8) is 0 Å². The Kier molecular flexibility index (Phi) is 47.7. The van der Waals surface area contributed by atoms with E-state index in [0.29, 0.717) is 19.3 Å². The van der Waals surface area contributed by atoms with Gasteiger partial charge in [-0.3, -0.25) is 9.59 Å². The number of aliphatic hydroxyl groups is 2. The molecule has 3 unspecified atom stereocenters. The SMILES string of the molecule is CC/C=C/C/C=C/C/C=C/CCCCCCCCC(=O)OC(C/C=C\C/C=C\C/C=C\C/C=C\CCCCC)CC(=O)NC(CO)C(O)CCCCCCCCCCCCCCC. The number of amides is 1. The van der Waals surface area contributed by atoms with E-state index in [2.05, 4.69) is 99.0 Å². The summed E-state index contributed by atoms with van der Waals surface area (Å²) in [4.78, 5) is 26.1. The Morgan fingerprint density at radius 3 is 1.38 bits per heavy atom. The van der Waals surface area contributed by atoms with Crippen LogP contribution in [0.1, 0.15) is 239 Å². The Morgan fingerprint density at radius 1 is 0.492 bits per heavy atom. The highest BCUT2D eigenvalue weighted by atomic mass is 16.5. The van der Waals surface area contributed by atoms with Crippen molar-refractivity contribution in [1.29, 1.82) is 0 Å². The summed E-state index contributed by atoms with van der Waals surface area (Å²) in [5.41, 5.74) is 0. The van der Waals surface area contributed by atoms with Gasteiger partial charge in [-0.2, -0.15) is 0 Å². The normalized spacial score (nSPS) is 13.9. The molecule has 0 saturated carbocycles. The fourth-order valence-electron chi connectivity index (χ4n) is 7.48. The van der Waals surface area contributed by atoms with E-state index in [0.717, 1.165) is 83.5 Å². The summed E-state index contributed by atoms with van der Waals surface area (Å²) in [5, 5.41) is 23.7. The molecule has 0 aliphatic carbocycles. The van der Waals surface area contributed by atoms with Crippen LogP contribution >= 0.6 is 0 Å². The van der Waals surface area contributed by atoms with Gasteiger partial charge in [-0.05, 0) is 77.0 Å². The molecule has 0 radical (unpaired) electrons. The van der Waals surface area contributed by atoms with Crippen molar-refractivity contribution in [2.75, 3.05) is 6.61 Å². The lowest BCUT2D eigenvalue weighted by Gasteiger charge is -2.24.